The average molecular weight is 368 g/mol. The van der Waals surface area contributed by atoms with E-state index in [1.165, 1.54) is 0 Å². The maximum absolute atomic E-state index is 6.77. The zero-order chi connectivity index (χ0) is 21.6. The summed E-state index contributed by atoms with van der Waals surface area (Å²) >= 11 is 0. The van der Waals surface area contributed by atoms with E-state index in [0.717, 1.165) is 12.8 Å². The van der Waals surface area contributed by atoms with Gasteiger partial charge in [-0.25, -0.2) is 0 Å². The first-order valence-electron chi connectivity index (χ1n) is 10.5. The Morgan fingerprint density at radius 3 is 1.15 bits per heavy atom. The van der Waals surface area contributed by atoms with Gasteiger partial charge in [-0.15, -0.1) is 0 Å². The summed E-state index contributed by atoms with van der Waals surface area (Å²) in [7, 11) is 6.77. The molecular formula is C26H45B. The molecule has 152 valence electrons. The summed E-state index contributed by atoms with van der Waals surface area (Å²) in [5.41, 5.74) is -0.00591. The van der Waals surface area contributed by atoms with Gasteiger partial charge in [0.1, 0.15) is 0 Å². The molecule has 0 unspecified atom stereocenters. The Labute approximate surface area is 172 Å². The van der Waals surface area contributed by atoms with Gasteiger partial charge in [0.05, 0.1) is 7.85 Å². The molecule has 0 bridgehead atoms. The second-order valence-corrected chi connectivity index (χ2v) is 10.6. The second kappa shape index (κ2) is 9.48. The van der Waals surface area contributed by atoms with Gasteiger partial charge in [0.2, 0.25) is 0 Å². The molecule has 0 N–H and O–H groups in total. The maximum atomic E-state index is 6.77. The highest BCUT2D eigenvalue weighted by molar-refractivity contribution is 6.15. The van der Waals surface area contributed by atoms with E-state index in [9.17, 15) is 0 Å². The molecule has 0 aromatic rings. The van der Waals surface area contributed by atoms with Gasteiger partial charge in [0.25, 0.3) is 0 Å². The molecule has 0 spiro atoms. The van der Waals surface area contributed by atoms with E-state index >= 15 is 0 Å². The lowest BCUT2D eigenvalue weighted by Crippen LogP contribution is -2.44. The van der Waals surface area contributed by atoms with E-state index in [-0.39, 0.29) is 27.0 Å². The first-order chi connectivity index (χ1) is 12.2. The summed E-state index contributed by atoms with van der Waals surface area (Å²) in [6.07, 6.45) is 20.3. The van der Waals surface area contributed by atoms with E-state index in [0.29, 0.717) is 0 Å². The first-order valence-corrected chi connectivity index (χ1v) is 10.5. The molecule has 0 aromatic heterocycles. The van der Waals surface area contributed by atoms with Crippen molar-refractivity contribution in [3.63, 3.8) is 0 Å². The Kier molecular flexibility index (Phi) is 9.14. The fraction of sp³-hybridized carbons (Fsp3) is 0.692. The van der Waals surface area contributed by atoms with Crippen LogP contribution in [0.2, 0.25) is 5.31 Å². The van der Waals surface area contributed by atoms with Gasteiger partial charge in [-0.3, -0.25) is 0 Å². The lowest BCUT2D eigenvalue weighted by atomic mass is 9.46. The van der Waals surface area contributed by atoms with Crippen molar-refractivity contribution in [3.8, 4) is 0 Å². The first kappa shape index (κ1) is 26.0. The molecule has 0 aliphatic heterocycles. The smallest absolute Gasteiger partial charge is 0.0754 e. The minimum absolute atomic E-state index is 0.00889. The average Bonchev–Trinajstić information content (AvgIpc) is 2.44. The van der Waals surface area contributed by atoms with Crippen molar-refractivity contribution in [1.82, 2.24) is 0 Å². The summed E-state index contributed by atoms with van der Waals surface area (Å²) < 4.78 is 0. The molecule has 0 amide bonds. The number of rotatable bonds is 9. The van der Waals surface area contributed by atoms with E-state index < -0.39 is 0 Å². The zero-order valence-electron chi connectivity index (χ0n) is 20.1. The van der Waals surface area contributed by atoms with Gasteiger partial charge < -0.3 is 0 Å². The molecular weight excluding hydrogens is 323 g/mol. The van der Waals surface area contributed by atoms with Gasteiger partial charge in [-0.05, 0) is 51.4 Å². The van der Waals surface area contributed by atoms with Crippen LogP contribution >= 0.6 is 0 Å². The molecule has 0 nitrogen and oxygen atoms in total. The van der Waals surface area contributed by atoms with Gasteiger partial charge in [-0.1, -0.05) is 102 Å². The lowest BCUT2D eigenvalue weighted by molar-refractivity contribution is 0.0700. The van der Waals surface area contributed by atoms with Crippen LogP contribution in [0.1, 0.15) is 89.0 Å². The summed E-state index contributed by atoms with van der Waals surface area (Å²) in [5.74, 6) is 0. The summed E-state index contributed by atoms with van der Waals surface area (Å²) in [5, 5.41) is -0.359. The molecule has 27 heavy (non-hydrogen) atoms. The van der Waals surface area contributed by atoms with Crippen LogP contribution in [0.3, 0.4) is 0 Å². The predicted molar refractivity (Wildman–Crippen MR) is 126 cm³/mol. The Balaban J connectivity index is 6.63. The van der Waals surface area contributed by atoms with Crippen LogP contribution in [0, 0.1) is 21.7 Å². The summed E-state index contributed by atoms with van der Waals surface area (Å²) in [6.45, 7) is 24.6. The Bertz CT molecular complexity index is 532. The van der Waals surface area contributed by atoms with Gasteiger partial charge in [0, 0.05) is 10.8 Å². The highest BCUT2D eigenvalue weighted by Crippen LogP contribution is 2.59. The Hall–Kier alpha value is -0.975. The Morgan fingerprint density at radius 1 is 0.556 bits per heavy atom. The number of hydrogen-bond acceptors (Lipinski definition) is 0. The molecule has 2 radical (unpaired) electrons. The molecule has 0 aliphatic rings. The monoisotopic (exact) mass is 368 g/mol. The van der Waals surface area contributed by atoms with Crippen molar-refractivity contribution in [3.05, 3.63) is 48.6 Å². The van der Waals surface area contributed by atoms with Crippen LogP contribution in [0.15, 0.2) is 48.6 Å². The fourth-order valence-corrected chi connectivity index (χ4v) is 4.66. The quantitative estimate of drug-likeness (QED) is 0.283. The van der Waals surface area contributed by atoms with Crippen LogP contribution in [-0.2, 0) is 0 Å². The van der Waals surface area contributed by atoms with Crippen LogP contribution < -0.4 is 0 Å². The minimum Gasteiger partial charge on any atom is -0.0908 e. The third-order valence-electron chi connectivity index (χ3n) is 5.87. The summed E-state index contributed by atoms with van der Waals surface area (Å²) in [4.78, 5) is 0. The molecule has 0 saturated heterocycles. The number of allylic oxidation sites excluding steroid dienone is 8. The van der Waals surface area contributed by atoms with Crippen LogP contribution in [-0.4, -0.2) is 7.85 Å². The van der Waals surface area contributed by atoms with E-state index in [1.54, 1.807) is 0 Å². The van der Waals surface area contributed by atoms with Crippen molar-refractivity contribution in [2.45, 2.75) is 94.3 Å². The van der Waals surface area contributed by atoms with Crippen molar-refractivity contribution in [2.24, 2.45) is 21.7 Å². The van der Waals surface area contributed by atoms with Crippen LogP contribution in [0.5, 0.6) is 0 Å². The molecule has 0 heterocycles. The third kappa shape index (κ3) is 6.54. The van der Waals surface area contributed by atoms with Gasteiger partial charge in [-0.2, -0.15) is 0 Å². The topological polar surface area (TPSA) is 0 Å². The second-order valence-electron chi connectivity index (χ2n) is 10.6. The van der Waals surface area contributed by atoms with Crippen molar-refractivity contribution >= 4 is 7.85 Å². The van der Waals surface area contributed by atoms with Gasteiger partial charge in [0.15, 0.2) is 0 Å². The molecule has 1 heteroatoms. The van der Waals surface area contributed by atoms with Crippen molar-refractivity contribution in [2.75, 3.05) is 0 Å². The maximum Gasteiger partial charge on any atom is 0.0754 e. The van der Waals surface area contributed by atoms with E-state index in [1.807, 2.05) is 0 Å². The highest BCUT2D eigenvalue weighted by atomic mass is 14.5. The molecule has 0 rings (SSSR count). The lowest BCUT2D eigenvalue weighted by Gasteiger charge is -2.53. The molecule has 0 aromatic carbocycles. The number of hydrogen-bond donors (Lipinski definition) is 0. The SMILES string of the molecule is [B]C(C)(C)C(C=CC)(C=CC)CC(C)(C)C(C=CC)(C=CC)CC(C)(C)C. The Morgan fingerprint density at radius 2 is 0.889 bits per heavy atom. The molecule has 0 fully saturated rings. The third-order valence-corrected chi connectivity index (χ3v) is 5.87. The standard InChI is InChI=1S/C26H45B/c1-12-16-25(17-13-2,20-22(5,6)7)23(8,9)21-26(18-14-3,19-15-4)24(10,11)27/h12-19H,20-21H2,1-11H3. The molecule has 0 saturated carbocycles. The van der Waals surface area contributed by atoms with Crippen molar-refractivity contribution in [1.29, 1.82) is 0 Å². The van der Waals surface area contributed by atoms with E-state index in [4.69, 9.17) is 7.85 Å². The van der Waals surface area contributed by atoms with Crippen molar-refractivity contribution < 1.29 is 0 Å². The fourth-order valence-electron chi connectivity index (χ4n) is 4.66. The van der Waals surface area contributed by atoms with Crippen LogP contribution in [0.25, 0.3) is 0 Å². The zero-order valence-corrected chi connectivity index (χ0v) is 20.1. The van der Waals surface area contributed by atoms with E-state index in [2.05, 4.69) is 125 Å². The largest absolute Gasteiger partial charge is 0.0908 e. The summed E-state index contributed by atoms with van der Waals surface area (Å²) in [6, 6.07) is 0. The van der Waals surface area contributed by atoms with Gasteiger partial charge >= 0.3 is 0 Å². The predicted octanol–water partition coefficient (Wildman–Crippen LogP) is 8.48. The molecule has 0 atom stereocenters. The minimum atomic E-state index is -0.359. The molecule has 0 aliphatic carbocycles. The normalized spacial score (nSPS) is 19.4. The van der Waals surface area contributed by atoms with Crippen LogP contribution in [0.4, 0.5) is 0 Å². The highest BCUT2D eigenvalue weighted by Gasteiger charge is 2.49.